The first-order chi connectivity index (χ1) is 12.9. The summed E-state index contributed by atoms with van der Waals surface area (Å²) in [5.74, 6) is -0.793. The quantitative estimate of drug-likeness (QED) is 0.589. The molecule has 1 aliphatic rings. The number of hydrogen-bond donors (Lipinski definition) is 3. The van der Waals surface area contributed by atoms with Gasteiger partial charge < -0.3 is 20.9 Å². The highest BCUT2D eigenvalue weighted by molar-refractivity contribution is 9.10. The van der Waals surface area contributed by atoms with Crippen LogP contribution in [0.1, 0.15) is 22.3 Å². The molecule has 27 heavy (non-hydrogen) atoms. The van der Waals surface area contributed by atoms with Crippen molar-refractivity contribution in [2.24, 2.45) is 5.73 Å². The van der Waals surface area contributed by atoms with Crippen molar-refractivity contribution in [3.8, 4) is 0 Å². The van der Waals surface area contributed by atoms with Crippen LogP contribution in [0.3, 0.4) is 0 Å². The first kappa shape index (κ1) is 17.9. The molecule has 0 spiro atoms. The van der Waals surface area contributed by atoms with Crippen molar-refractivity contribution in [1.82, 2.24) is 14.9 Å². The molecule has 1 amide bonds. The van der Waals surface area contributed by atoms with Crippen molar-refractivity contribution in [3.63, 3.8) is 0 Å². The number of likely N-dealkylation sites (tertiary alicyclic amines) is 1. The van der Waals surface area contributed by atoms with Crippen molar-refractivity contribution < 1.29 is 9.18 Å². The van der Waals surface area contributed by atoms with E-state index in [9.17, 15) is 4.79 Å². The molecule has 0 bridgehead atoms. The maximum Gasteiger partial charge on any atom is 0.256 e. The highest BCUT2D eigenvalue weighted by atomic mass is 79.9. The normalized spacial score (nSPS) is 16.9. The number of aryl methyl sites for hydroxylation is 1. The Bertz CT molecular complexity index is 1030. The van der Waals surface area contributed by atoms with Crippen LogP contribution in [-0.2, 0) is 0 Å². The molecule has 140 valence electrons. The molecular formula is C19H19BrFN5O. The number of nitrogens with one attached hydrogen (secondary N) is 2. The summed E-state index contributed by atoms with van der Waals surface area (Å²) in [6.45, 7) is 2.96. The lowest BCUT2D eigenvalue weighted by atomic mass is 10.1. The first-order valence-electron chi connectivity index (χ1n) is 8.67. The summed E-state index contributed by atoms with van der Waals surface area (Å²) in [4.78, 5) is 21.7. The number of imidazole rings is 1. The Morgan fingerprint density at radius 1 is 1.44 bits per heavy atom. The van der Waals surface area contributed by atoms with Crippen molar-refractivity contribution in [2.75, 3.05) is 18.4 Å². The van der Waals surface area contributed by atoms with E-state index in [4.69, 9.17) is 5.73 Å². The van der Waals surface area contributed by atoms with E-state index in [1.165, 1.54) is 6.33 Å². The fourth-order valence-electron chi connectivity index (χ4n) is 3.38. The molecule has 1 aromatic heterocycles. The zero-order valence-corrected chi connectivity index (χ0v) is 16.3. The summed E-state index contributed by atoms with van der Waals surface area (Å²) in [6.07, 6.45) is 2.16. The molecule has 0 radical (unpaired) electrons. The smallest absolute Gasteiger partial charge is 0.256 e. The molecule has 1 atom stereocenters. The van der Waals surface area contributed by atoms with E-state index in [0.29, 0.717) is 18.6 Å². The van der Waals surface area contributed by atoms with Gasteiger partial charge in [-0.25, -0.2) is 9.37 Å². The van der Waals surface area contributed by atoms with E-state index < -0.39 is 5.82 Å². The Kier molecular flexibility index (Phi) is 4.61. The van der Waals surface area contributed by atoms with E-state index in [-0.39, 0.29) is 28.7 Å². The number of aromatic amines is 1. The van der Waals surface area contributed by atoms with Gasteiger partial charge in [0.25, 0.3) is 5.91 Å². The second-order valence-electron chi connectivity index (χ2n) is 6.80. The van der Waals surface area contributed by atoms with Gasteiger partial charge in [-0.15, -0.1) is 0 Å². The van der Waals surface area contributed by atoms with Gasteiger partial charge in [-0.2, -0.15) is 0 Å². The van der Waals surface area contributed by atoms with Gasteiger partial charge in [0.1, 0.15) is 5.52 Å². The number of rotatable bonds is 3. The third-order valence-corrected chi connectivity index (χ3v) is 5.34. The molecule has 2 heterocycles. The molecule has 8 heteroatoms. The van der Waals surface area contributed by atoms with Gasteiger partial charge in [-0.1, -0.05) is 15.9 Å². The number of nitrogens with two attached hydrogens (primary N) is 1. The molecule has 1 unspecified atom stereocenters. The van der Waals surface area contributed by atoms with Gasteiger partial charge in [0.05, 0.1) is 23.1 Å². The predicted octanol–water partition coefficient (Wildman–Crippen LogP) is 3.69. The summed E-state index contributed by atoms with van der Waals surface area (Å²) in [5.41, 5.74) is 8.66. The third kappa shape index (κ3) is 3.30. The molecule has 6 nitrogen and oxygen atoms in total. The van der Waals surface area contributed by atoms with Crippen molar-refractivity contribution in [1.29, 1.82) is 0 Å². The molecule has 1 aliphatic heterocycles. The topological polar surface area (TPSA) is 87.0 Å². The minimum Gasteiger partial charge on any atom is -0.352 e. The minimum absolute atomic E-state index is 0.0418. The van der Waals surface area contributed by atoms with Gasteiger partial charge >= 0.3 is 0 Å². The third-order valence-electron chi connectivity index (χ3n) is 4.84. The highest BCUT2D eigenvalue weighted by Crippen LogP contribution is 2.33. The molecule has 4 N–H and O–H groups in total. The van der Waals surface area contributed by atoms with Crippen LogP contribution in [-0.4, -0.2) is 39.9 Å². The van der Waals surface area contributed by atoms with Crippen LogP contribution in [0.4, 0.5) is 15.8 Å². The number of fused-ring (bicyclic) bond motifs is 1. The Balaban J connectivity index is 1.81. The largest absolute Gasteiger partial charge is 0.352 e. The van der Waals surface area contributed by atoms with Gasteiger partial charge in [-0.3, -0.25) is 4.79 Å². The number of nitrogens with zero attached hydrogens (tertiary/aromatic N) is 2. The van der Waals surface area contributed by atoms with Crippen LogP contribution in [0.25, 0.3) is 11.0 Å². The van der Waals surface area contributed by atoms with Gasteiger partial charge in [0.2, 0.25) is 0 Å². The van der Waals surface area contributed by atoms with Crippen LogP contribution in [0.15, 0.2) is 35.1 Å². The fraction of sp³-hybridized carbons (Fsp3) is 0.263. The molecule has 0 saturated carbocycles. The fourth-order valence-corrected chi connectivity index (χ4v) is 3.85. The number of benzene rings is 2. The molecule has 1 saturated heterocycles. The summed E-state index contributed by atoms with van der Waals surface area (Å²) >= 11 is 3.42. The molecular weight excluding hydrogens is 413 g/mol. The predicted molar refractivity (Wildman–Crippen MR) is 107 cm³/mol. The first-order valence-corrected chi connectivity index (χ1v) is 9.47. The van der Waals surface area contributed by atoms with Gasteiger partial charge in [-0.05, 0) is 43.2 Å². The average molecular weight is 432 g/mol. The van der Waals surface area contributed by atoms with Crippen molar-refractivity contribution in [3.05, 3.63) is 52.0 Å². The average Bonchev–Trinajstić information content (AvgIpc) is 3.27. The number of hydrogen-bond acceptors (Lipinski definition) is 4. The second-order valence-corrected chi connectivity index (χ2v) is 7.71. The Morgan fingerprint density at radius 3 is 2.96 bits per heavy atom. The Labute approximate surface area is 164 Å². The summed E-state index contributed by atoms with van der Waals surface area (Å²) < 4.78 is 16.2. The number of aromatic nitrogens is 2. The maximum absolute atomic E-state index is 15.2. The van der Waals surface area contributed by atoms with Crippen molar-refractivity contribution >= 4 is 44.2 Å². The number of carbonyl (C=O) groups excluding carboxylic acids is 1. The zero-order valence-electron chi connectivity index (χ0n) is 14.7. The summed E-state index contributed by atoms with van der Waals surface area (Å²) in [5, 5.41) is 3.11. The Hall–Kier alpha value is -2.45. The molecule has 1 fully saturated rings. The van der Waals surface area contributed by atoms with Crippen LogP contribution in [0.2, 0.25) is 0 Å². The lowest BCUT2D eigenvalue weighted by Crippen LogP contribution is -2.32. The lowest BCUT2D eigenvalue weighted by molar-refractivity contribution is 0.0791. The van der Waals surface area contributed by atoms with E-state index in [0.717, 1.165) is 22.1 Å². The van der Waals surface area contributed by atoms with Crippen LogP contribution in [0.5, 0.6) is 0 Å². The maximum atomic E-state index is 15.2. The molecule has 4 rings (SSSR count). The van der Waals surface area contributed by atoms with E-state index >= 15 is 4.39 Å². The monoisotopic (exact) mass is 431 g/mol. The standard InChI is InChI=1S/C19H19BrFN5O/c1-10-6-11(20)2-3-14(10)25-17-13(19(27)26-5-4-12(22)8-26)7-15-18(16(17)21)24-9-23-15/h2-3,6-7,9,12,25H,4-5,8,22H2,1H3,(H,23,24). The number of anilines is 2. The van der Waals surface area contributed by atoms with Crippen LogP contribution < -0.4 is 11.1 Å². The summed E-state index contributed by atoms with van der Waals surface area (Å²) in [7, 11) is 0. The SMILES string of the molecule is Cc1cc(Br)ccc1Nc1c(C(=O)N2CCC(N)C2)cc2[nH]cnc2c1F. The Morgan fingerprint density at radius 2 is 2.26 bits per heavy atom. The van der Waals surface area contributed by atoms with E-state index in [1.807, 2.05) is 25.1 Å². The number of H-pyrrole nitrogens is 1. The molecule has 3 aromatic rings. The lowest BCUT2D eigenvalue weighted by Gasteiger charge is -2.20. The highest BCUT2D eigenvalue weighted by Gasteiger charge is 2.28. The number of carbonyl (C=O) groups is 1. The molecule has 2 aromatic carbocycles. The van der Waals surface area contributed by atoms with Crippen molar-refractivity contribution in [2.45, 2.75) is 19.4 Å². The van der Waals surface area contributed by atoms with Gasteiger partial charge in [0, 0.05) is 29.3 Å². The zero-order chi connectivity index (χ0) is 19.1. The number of amides is 1. The van der Waals surface area contributed by atoms with Gasteiger partial charge in [0.15, 0.2) is 5.82 Å². The molecule has 0 aliphatic carbocycles. The summed E-state index contributed by atoms with van der Waals surface area (Å²) in [6, 6.07) is 7.23. The van der Waals surface area contributed by atoms with E-state index in [2.05, 4.69) is 31.2 Å². The number of halogens is 2. The van der Waals surface area contributed by atoms with Crippen LogP contribution >= 0.6 is 15.9 Å². The second kappa shape index (κ2) is 6.94. The minimum atomic E-state index is -0.553. The van der Waals surface area contributed by atoms with E-state index in [1.54, 1.807) is 11.0 Å². The van der Waals surface area contributed by atoms with Crippen LogP contribution in [0, 0.1) is 12.7 Å².